The van der Waals surface area contributed by atoms with E-state index < -0.39 is 21.4 Å². The van der Waals surface area contributed by atoms with Crippen molar-refractivity contribution in [3.8, 4) is 11.5 Å². The molecule has 0 bridgehead atoms. The van der Waals surface area contributed by atoms with Crippen LogP contribution in [0.4, 0.5) is 9.52 Å². The SMILES string of the molecule is CCN(CC)CCN(C(=O)CCS(=O)(=O)c1ccc(F)cc1)c1nc2c(OC)ccc(OC)c2s1.Cl. The Morgan fingerprint density at radius 1 is 1.00 bits per heavy atom. The van der Waals surface area contributed by atoms with E-state index in [1.54, 1.807) is 26.4 Å². The molecule has 0 aliphatic carbocycles. The van der Waals surface area contributed by atoms with Crippen LogP contribution in [0.25, 0.3) is 10.2 Å². The molecule has 0 fully saturated rings. The molecule has 3 rings (SSSR count). The number of nitrogens with zero attached hydrogens (tertiary/aromatic N) is 3. The van der Waals surface area contributed by atoms with Crippen LogP contribution in [0.1, 0.15) is 20.3 Å². The number of thiazole rings is 1. The first-order chi connectivity index (χ1) is 16.7. The van der Waals surface area contributed by atoms with Crippen molar-refractivity contribution in [3.63, 3.8) is 0 Å². The molecule has 36 heavy (non-hydrogen) atoms. The predicted molar refractivity (Wildman–Crippen MR) is 143 cm³/mol. The van der Waals surface area contributed by atoms with Gasteiger partial charge in [-0.25, -0.2) is 17.8 Å². The van der Waals surface area contributed by atoms with Gasteiger partial charge in [-0.1, -0.05) is 25.2 Å². The molecule has 0 atom stereocenters. The number of benzene rings is 2. The third-order valence-electron chi connectivity index (χ3n) is 5.72. The maximum atomic E-state index is 13.3. The van der Waals surface area contributed by atoms with Crippen LogP contribution >= 0.6 is 23.7 Å². The topological polar surface area (TPSA) is 89.0 Å². The lowest BCUT2D eigenvalue weighted by Gasteiger charge is -2.24. The lowest BCUT2D eigenvalue weighted by Crippen LogP contribution is -2.39. The average Bonchev–Trinajstić information content (AvgIpc) is 3.30. The van der Waals surface area contributed by atoms with Crippen molar-refractivity contribution in [1.29, 1.82) is 0 Å². The molecule has 198 valence electrons. The highest BCUT2D eigenvalue weighted by atomic mass is 35.5. The molecule has 1 heterocycles. The maximum absolute atomic E-state index is 13.3. The van der Waals surface area contributed by atoms with E-state index in [9.17, 15) is 17.6 Å². The number of aromatic nitrogens is 1. The fourth-order valence-corrected chi connectivity index (χ4v) is 5.96. The van der Waals surface area contributed by atoms with Crippen LogP contribution in [0.2, 0.25) is 0 Å². The highest BCUT2D eigenvalue weighted by Gasteiger charge is 2.25. The number of anilines is 1. The molecular weight excluding hydrogens is 529 g/mol. The summed E-state index contributed by atoms with van der Waals surface area (Å²) >= 11 is 1.29. The Morgan fingerprint density at radius 3 is 2.19 bits per heavy atom. The zero-order chi connectivity index (χ0) is 25.6. The molecular formula is C24H31ClFN3O5S2. The minimum absolute atomic E-state index is 0. The summed E-state index contributed by atoms with van der Waals surface area (Å²) < 4.78 is 50.3. The van der Waals surface area contributed by atoms with Gasteiger partial charge in [0.15, 0.2) is 15.0 Å². The summed E-state index contributed by atoms with van der Waals surface area (Å²) in [5.74, 6) is -0.112. The van der Waals surface area contributed by atoms with Crippen LogP contribution < -0.4 is 14.4 Å². The van der Waals surface area contributed by atoms with E-state index in [4.69, 9.17) is 9.47 Å². The second kappa shape index (κ2) is 13.2. The third kappa shape index (κ3) is 6.84. The van der Waals surface area contributed by atoms with Crippen LogP contribution in [0.3, 0.4) is 0 Å². The quantitative estimate of drug-likeness (QED) is 0.304. The summed E-state index contributed by atoms with van der Waals surface area (Å²) in [6, 6.07) is 8.13. The summed E-state index contributed by atoms with van der Waals surface area (Å²) in [6.07, 6.45) is -0.234. The summed E-state index contributed by atoms with van der Waals surface area (Å²) in [4.78, 5) is 21.7. The normalized spacial score (nSPS) is 11.4. The molecule has 0 aliphatic rings. The standard InChI is InChI=1S/C24H30FN3O5S2.ClH/c1-5-27(6-2)14-15-28(21(29)13-16-35(30,31)18-9-7-17(25)8-10-18)24-26-22-19(32-3)11-12-20(33-4)23(22)34-24;/h7-12H,5-6,13-16H2,1-4H3;1H. The van der Waals surface area contributed by atoms with E-state index in [1.165, 1.54) is 28.4 Å². The van der Waals surface area contributed by atoms with Gasteiger partial charge in [0.05, 0.1) is 24.9 Å². The number of fused-ring (bicyclic) bond motifs is 1. The highest BCUT2D eigenvalue weighted by Crippen LogP contribution is 2.40. The van der Waals surface area contributed by atoms with Crippen molar-refractivity contribution in [1.82, 2.24) is 9.88 Å². The van der Waals surface area contributed by atoms with Crippen molar-refractivity contribution >= 4 is 54.8 Å². The van der Waals surface area contributed by atoms with Gasteiger partial charge in [-0.05, 0) is 49.5 Å². The Balaban J connectivity index is 0.00000456. The van der Waals surface area contributed by atoms with Gasteiger partial charge in [0.25, 0.3) is 0 Å². The fraction of sp³-hybridized carbons (Fsp3) is 0.417. The zero-order valence-electron chi connectivity index (χ0n) is 20.7. The van der Waals surface area contributed by atoms with E-state index in [2.05, 4.69) is 9.88 Å². The van der Waals surface area contributed by atoms with Crippen LogP contribution in [-0.4, -0.2) is 70.4 Å². The van der Waals surface area contributed by atoms with Gasteiger partial charge >= 0.3 is 0 Å². The summed E-state index contributed by atoms with van der Waals surface area (Å²) in [7, 11) is -0.651. The first kappa shape index (κ1) is 29.8. The highest BCUT2D eigenvalue weighted by molar-refractivity contribution is 7.91. The van der Waals surface area contributed by atoms with Crippen molar-refractivity contribution in [2.24, 2.45) is 0 Å². The second-order valence-electron chi connectivity index (χ2n) is 7.74. The fourth-order valence-electron chi connectivity index (χ4n) is 3.61. The average molecular weight is 560 g/mol. The minimum Gasteiger partial charge on any atom is -0.495 e. The van der Waals surface area contributed by atoms with Crippen LogP contribution in [0, 0.1) is 5.82 Å². The number of sulfone groups is 1. The number of hydrogen-bond donors (Lipinski definition) is 0. The Labute approximate surface area is 221 Å². The molecule has 0 radical (unpaired) electrons. The molecule has 2 aromatic carbocycles. The first-order valence-electron chi connectivity index (χ1n) is 11.3. The molecule has 0 unspecified atom stereocenters. The molecule has 0 spiro atoms. The van der Waals surface area contributed by atoms with Crippen LogP contribution in [0.5, 0.6) is 11.5 Å². The Bertz CT molecular complexity index is 1220. The van der Waals surface area contributed by atoms with Crippen LogP contribution in [0.15, 0.2) is 41.3 Å². The molecule has 1 aromatic heterocycles. The summed E-state index contributed by atoms with van der Waals surface area (Å²) in [5.41, 5.74) is 0.575. The van der Waals surface area contributed by atoms with Gasteiger partial charge in [0.2, 0.25) is 5.91 Å². The number of carbonyl (C=O) groups is 1. The number of rotatable bonds is 12. The number of halogens is 2. The summed E-state index contributed by atoms with van der Waals surface area (Å²) in [5, 5.41) is 0.444. The van der Waals surface area contributed by atoms with E-state index in [-0.39, 0.29) is 29.6 Å². The number of likely N-dealkylation sites (N-methyl/N-ethyl adjacent to an activating group) is 1. The minimum atomic E-state index is -3.76. The van der Waals surface area contributed by atoms with E-state index in [0.717, 1.165) is 29.9 Å². The maximum Gasteiger partial charge on any atom is 0.229 e. The molecule has 3 aromatic rings. The number of amides is 1. The van der Waals surface area contributed by atoms with Gasteiger partial charge < -0.3 is 14.4 Å². The van der Waals surface area contributed by atoms with Crippen molar-refractivity contribution in [2.75, 3.05) is 51.1 Å². The van der Waals surface area contributed by atoms with E-state index >= 15 is 0 Å². The number of carbonyl (C=O) groups excluding carboxylic acids is 1. The predicted octanol–water partition coefficient (Wildman–Crippen LogP) is 4.41. The molecule has 0 saturated carbocycles. The van der Waals surface area contributed by atoms with Gasteiger partial charge in [-0.2, -0.15) is 0 Å². The van der Waals surface area contributed by atoms with Crippen LogP contribution in [-0.2, 0) is 14.6 Å². The largest absolute Gasteiger partial charge is 0.495 e. The number of hydrogen-bond acceptors (Lipinski definition) is 8. The Morgan fingerprint density at radius 2 is 1.61 bits per heavy atom. The lowest BCUT2D eigenvalue weighted by atomic mass is 10.3. The molecule has 0 saturated heterocycles. The Hall–Kier alpha value is -2.47. The third-order valence-corrected chi connectivity index (χ3v) is 8.55. The molecule has 0 N–H and O–H groups in total. The Kier molecular flexibility index (Phi) is 10.9. The van der Waals surface area contributed by atoms with Gasteiger partial charge in [0, 0.05) is 19.5 Å². The molecule has 1 amide bonds. The lowest BCUT2D eigenvalue weighted by molar-refractivity contribution is -0.118. The van der Waals surface area contributed by atoms with Crippen molar-refractivity contribution in [2.45, 2.75) is 25.2 Å². The van der Waals surface area contributed by atoms with Gasteiger partial charge in [-0.15, -0.1) is 12.4 Å². The van der Waals surface area contributed by atoms with Crippen molar-refractivity contribution in [3.05, 3.63) is 42.2 Å². The number of ether oxygens (including phenoxy) is 2. The number of methoxy groups -OCH3 is 2. The smallest absolute Gasteiger partial charge is 0.229 e. The van der Waals surface area contributed by atoms with Crippen molar-refractivity contribution < 1.29 is 27.1 Å². The van der Waals surface area contributed by atoms with Gasteiger partial charge in [0.1, 0.15) is 27.5 Å². The summed E-state index contributed by atoms with van der Waals surface area (Å²) in [6.45, 7) is 6.67. The second-order valence-corrected chi connectivity index (χ2v) is 10.8. The molecule has 0 aliphatic heterocycles. The monoisotopic (exact) mass is 559 g/mol. The molecule has 12 heteroatoms. The molecule has 8 nitrogen and oxygen atoms in total. The zero-order valence-corrected chi connectivity index (χ0v) is 23.1. The van der Waals surface area contributed by atoms with E-state index in [0.29, 0.717) is 35.2 Å². The van der Waals surface area contributed by atoms with Gasteiger partial charge in [-0.3, -0.25) is 9.69 Å². The first-order valence-corrected chi connectivity index (χ1v) is 13.7. The van der Waals surface area contributed by atoms with E-state index in [1.807, 2.05) is 13.8 Å².